The lowest BCUT2D eigenvalue weighted by Crippen LogP contribution is -2.24. The van der Waals surface area contributed by atoms with Gasteiger partial charge >= 0.3 is 0 Å². The minimum absolute atomic E-state index is 0.0291. The van der Waals surface area contributed by atoms with Gasteiger partial charge in [-0.15, -0.1) is 0 Å². The minimum Gasteiger partial charge on any atom is -0.385 e. The maximum atomic E-state index is 10.4. The van der Waals surface area contributed by atoms with Crippen LogP contribution in [0.3, 0.4) is 0 Å². The van der Waals surface area contributed by atoms with Gasteiger partial charge < -0.3 is 10.5 Å². The Morgan fingerprint density at radius 1 is 1.44 bits per heavy atom. The van der Waals surface area contributed by atoms with Crippen LogP contribution in [0.4, 0.5) is 5.69 Å². The molecule has 1 aromatic rings. The third-order valence-corrected chi connectivity index (χ3v) is 2.34. The summed E-state index contributed by atoms with van der Waals surface area (Å²) in [5, 5.41) is 10.4. The molecule has 0 spiro atoms. The number of hydrogen-bond donors (Lipinski definition) is 1. The van der Waals surface area contributed by atoms with Crippen molar-refractivity contribution in [2.75, 3.05) is 13.7 Å². The first-order valence-corrected chi connectivity index (χ1v) is 5.11. The number of methoxy groups -OCH3 is 1. The van der Waals surface area contributed by atoms with Gasteiger partial charge in [0.05, 0.1) is 4.92 Å². The molecule has 0 saturated heterocycles. The Kier molecular flexibility index (Phi) is 4.88. The summed E-state index contributed by atoms with van der Waals surface area (Å²) in [5.41, 5.74) is 6.99. The molecule has 0 aliphatic heterocycles. The van der Waals surface area contributed by atoms with Crippen LogP contribution in [-0.2, 0) is 11.2 Å². The van der Waals surface area contributed by atoms with Crippen LogP contribution in [0.5, 0.6) is 0 Å². The van der Waals surface area contributed by atoms with Gasteiger partial charge in [-0.3, -0.25) is 10.1 Å². The molecule has 5 heteroatoms. The van der Waals surface area contributed by atoms with Crippen molar-refractivity contribution in [1.29, 1.82) is 0 Å². The van der Waals surface area contributed by atoms with E-state index in [0.29, 0.717) is 13.0 Å². The van der Waals surface area contributed by atoms with Gasteiger partial charge in [-0.25, -0.2) is 0 Å². The quantitative estimate of drug-likeness (QED) is 0.586. The predicted molar refractivity (Wildman–Crippen MR) is 61.3 cm³/mol. The molecule has 0 fully saturated rings. The topological polar surface area (TPSA) is 78.4 Å². The van der Waals surface area contributed by atoms with Crippen molar-refractivity contribution >= 4 is 5.69 Å². The molecule has 0 heterocycles. The Bertz CT molecular complexity index is 338. The first kappa shape index (κ1) is 12.6. The number of hydrogen-bond acceptors (Lipinski definition) is 4. The summed E-state index contributed by atoms with van der Waals surface area (Å²) >= 11 is 0. The molecule has 0 radical (unpaired) electrons. The van der Waals surface area contributed by atoms with E-state index < -0.39 is 4.92 Å². The zero-order valence-electron chi connectivity index (χ0n) is 9.26. The van der Waals surface area contributed by atoms with Gasteiger partial charge in [-0.1, -0.05) is 12.1 Å². The van der Waals surface area contributed by atoms with Crippen LogP contribution in [0, 0.1) is 10.1 Å². The van der Waals surface area contributed by atoms with Crippen molar-refractivity contribution in [3.05, 3.63) is 39.9 Å². The van der Waals surface area contributed by atoms with Crippen molar-refractivity contribution in [2.24, 2.45) is 5.73 Å². The van der Waals surface area contributed by atoms with E-state index in [2.05, 4.69) is 0 Å². The smallest absolute Gasteiger partial charge is 0.269 e. The number of rotatable bonds is 6. The Balaban J connectivity index is 2.51. The Hall–Kier alpha value is -1.46. The molecule has 16 heavy (non-hydrogen) atoms. The highest BCUT2D eigenvalue weighted by Gasteiger charge is 2.07. The predicted octanol–water partition coefficient (Wildman–Crippen LogP) is 1.50. The summed E-state index contributed by atoms with van der Waals surface area (Å²) < 4.78 is 4.93. The van der Waals surface area contributed by atoms with Crippen molar-refractivity contribution in [1.82, 2.24) is 0 Å². The third kappa shape index (κ3) is 3.96. The maximum absolute atomic E-state index is 10.4. The SMILES string of the molecule is COCCC(N)Cc1ccc([N+](=O)[O-])cc1. The molecular formula is C11H16N2O3. The molecule has 0 aromatic heterocycles. The maximum Gasteiger partial charge on any atom is 0.269 e. The molecule has 1 rings (SSSR count). The molecule has 0 aliphatic rings. The Morgan fingerprint density at radius 2 is 2.06 bits per heavy atom. The molecular weight excluding hydrogens is 208 g/mol. The van der Waals surface area contributed by atoms with Crippen LogP contribution in [-0.4, -0.2) is 24.7 Å². The van der Waals surface area contributed by atoms with E-state index in [-0.39, 0.29) is 11.7 Å². The largest absolute Gasteiger partial charge is 0.385 e. The summed E-state index contributed by atoms with van der Waals surface area (Å²) in [6.07, 6.45) is 1.49. The third-order valence-electron chi connectivity index (χ3n) is 2.34. The van der Waals surface area contributed by atoms with Crippen LogP contribution in [0.15, 0.2) is 24.3 Å². The fourth-order valence-corrected chi connectivity index (χ4v) is 1.43. The summed E-state index contributed by atoms with van der Waals surface area (Å²) in [6.45, 7) is 0.633. The highest BCUT2D eigenvalue weighted by atomic mass is 16.6. The fourth-order valence-electron chi connectivity index (χ4n) is 1.43. The van der Waals surface area contributed by atoms with E-state index in [9.17, 15) is 10.1 Å². The summed E-state index contributed by atoms with van der Waals surface area (Å²) in [5.74, 6) is 0. The van der Waals surface area contributed by atoms with Gasteiger partial charge in [0.1, 0.15) is 0 Å². The average Bonchev–Trinajstić information content (AvgIpc) is 2.27. The van der Waals surface area contributed by atoms with E-state index in [1.54, 1.807) is 19.2 Å². The second kappa shape index (κ2) is 6.19. The summed E-state index contributed by atoms with van der Waals surface area (Å²) in [6, 6.07) is 6.51. The molecule has 5 nitrogen and oxygen atoms in total. The number of nitrogens with two attached hydrogens (primary N) is 1. The van der Waals surface area contributed by atoms with Crippen molar-refractivity contribution < 1.29 is 9.66 Å². The molecule has 1 atom stereocenters. The number of nitrogens with zero attached hydrogens (tertiary/aromatic N) is 1. The van der Waals surface area contributed by atoms with E-state index in [0.717, 1.165) is 12.0 Å². The number of non-ortho nitro benzene ring substituents is 1. The number of nitro groups is 1. The highest BCUT2D eigenvalue weighted by Crippen LogP contribution is 2.13. The normalized spacial score (nSPS) is 12.4. The van der Waals surface area contributed by atoms with Crippen LogP contribution in [0.1, 0.15) is 12.0 Å². The molecule has 0 saturated carbocycles. The lowest BCUT2D eigenvalue weighted by molar-refractivity contribution is -0.384. The zero-order chi connectivity index (χ0) is 12.0. The Morgan fingerprint density at radius 3 is 2.56 bits per heavy atom. The van der Waals surface area contributed by atoms with Crippen LogP contribution >= 0.6 is 0 Å². The van der Waals surface area contributed by atoms with E-state index >= 15 is 0 Å². The van der Waals surface area contributed by atoms with Crippen molar-refractivity contribution in [3.63, 3.8) is 0 Å². The number of nitro benzene ring substituents is 1. The monoisotopic (exact) mass is 224 g/mol. The van der Waals surface area contributed by atoms with Crippen LogP contribution < -0.4 is 5.73 Å². The van der Waals surface area contributed by atoms with Gasteiger partial charge in [0.15, 0.2) is 0 Å². The van der Waals surface area contributed by atoms with Crippen LogP contribution in [0.25, 0.3) is 0 Å². The molecule has 0 bridgehead atoms. The van der Waals surface area contributed by atoms with Gasteiger partial charge in [0.2, 0.25) is 0 Å². The number of benzene rings is 1. The highest BCUT2D eigenvalue weighted by molar-refractivity contribution is 5.33. The fraction of sp³-hybridized carbons (Fsp3) is 0.455. The standard InChI is InChI=1S/C11H16N2O3/c1-16-7-6-10(12)8-9-2-4-11(5-3-9)13(14)15/h2-5,10H,6-8,12H2,1H3. The lowest BCUT2D eigenvalue weighted by atomic mass is 10.0. The van der Waals surface area contributed by atoms with Gasteiger partial charge in [-0.05, 0) is 18.4 Å². The van der Waals surface area contributed by atoms with Crippen LogP contribution in [0.2, 0.25) is 0 Å². The molecule has 2 N–H and O–H groups in total. The lowest BCUT2D eigenvalue weighted by Gasteiger charge is -2.10. The first-order chi connectivity index (χ1) is 7.63. The zero-order valence-corrected chi connectivity index (χ0v) is 9.26. The van der Waals surface area contributed by atoms with Gasteiger partial charge in [0.25, 0.3) is 5.69 Å². The first-order valence-electron chi connectivity index (χ1n) is 5.11. The Labute approximate surface area is 94.4 Å². The van der Waals surface area contributed by atoms with E-state index in [1.807, 2.05) is 0 Å². The number of ether oxygens (including phenoxy) is 1. The summed E-state index contributed by atoms with van der Waals surface area (Å²) in [4.78, 5) is 10.0. The van der Waals surface area contributed by atoms with E-state index in [1.165, 1.54) is 12.1 Å². The molecule has 0 amide bonds. The molecule has 88 valence electrons. The second-order valence-electron chi connectivity index (χ2n) is 3.67. The minimum atomic E-state index is -0.408. The average molecular weight is 224 g/mol. The second-order valence-corrected chi connectivity index (χ2v) is 3.67. The van der Waals surface area contributed by atoms with Gasteiger partial charge in [-0.2, -0.15) is 0 Å². The summed E-state index contributed by atoms with van der Waals surface area (Å²) in [7, 11) is 1.64. The molecule has 1 unspecified atom stereocenters. The van der Waals surface area contributed by atoms with Crippen molar-refractivity contribution in [3.8, 4) is 0 Å². The molecule has 0 aliphatic carbocycles. The van der Waals surface area contributed by atoms with Gasteiger partial charge in [0, 0.05) is 31.9 Å². The van der Waals surface area contributed by atoms with Crippen molar-refractivity contribution in [2.45, 2.75) is 18.9 Å². The van der Waals surface area contributed by atoms with E-state index in [4.69, 9.17) is 10.5 Å². The molecule has 1 aromatic carbocycles.